The van der Waals surface area contributed by atoms with E-state index in [-0.39, 0.29) is 0 Å². The summed E-state index contributed by atoms with van der Waals surface area (Å²) in [5.41, 5.74) is 2.45. The second-order valence-electron chi connectivity index (χ2n) is 4.67. The molecule has 18 heavy (non-hydrogen) atoms. The molecule has 0 aromatic heterocycles. The minimum atomic E-state index is 0.328. The summed E-state index contributed by atoms with van der Waals surface area (Å²) in [5.74, 6) is 0. The molecule has 0 aliphatic rings. The van der Waals surface area contributed by atoms with Crippen molar-refractivity contribution in [3.8, 4) is 0 Å². The molecule has 1 rings (SSSR count). The Morgan fingerprint density at radius 2 is 2.22 bits per heavy atom. The van der Waals surface area contributed by atoms with Crippen LogP contribution in [0.2, 0.25) is 5.02 Å². The molecule has 0 fully saturated rings. The van der Waals surface area contributed by atoms with Crippen molar-refractivity contribution < 1.29 is 0 Å². The summed E-state index contributed by atoms with van der Waals surface area (Å²) in [6.07, 6.45) is 3.20. The van der Waals surface area contributed by atoms with Gasteiger partial charge in [-0.05, 0) is 56.5 Å². The Labute approximate surface area is 124 Å². The molecule has 1 nitrogen and oxygen atoms in total. The predicted octanol–water partition coefficient (Wildman–Crippen LogP) is 5.50. The van der Waals surface area contributed by atoms with E-state index in [9.17, 15) is 0 Å². The Morgan fingerprint density at radius 3 is 2.83 bits per heavy atom. The van der Waals surface area contributed by atoms with Gasteiger partial charge in [-0.3, -0.25) is 0 Å². The Balaban J connectivity index is 2.85. The van der Waals surface area contributed by atoms with E-state index in [1.807, 2.05) is 18.2 Å². The van der Waals surface area contributed by atoms with Gasteiger partial charge in [0.25, 0.3) is 0 Å². The lowest BCUT2D eigenvalue weighted by Gasteiger charge is -2.20. The summed E-state index contributed by atoms with van der Waals surface area (Å²) >= 11 is 9.70. The average Bonchev–Trinajstić information content (AvgIpc) is 2.32. The number of allylic oxidation sites excluding steroid dienone is 1. The SMILES string of the molecule is C=C(C)CCC(NCCC)c1cc(Cl)ccc1Br. The minimum absolute atomic E-state index is 0.328. The highest BCUT2D eigenvalue weighted by Gasteiger charge is 2.14. The summed E-state index contributed by atoms with van der Waals surface area (Å²) in [6.45, 7) is 9.24. The molecule has 0 heterocycles. The van der Waals surface area contributed by atoms with Gasteiger partial charge in [-0.2, -0.15) is 0 Å². The fraction of sp³-hybridized carbons (Fsp3) is 0.467. The molecule has 0 saturated carbocycles. The van der Waals surface area contributed by atoms with E-state index in [2.05, 4.69) is 41.7 Å². The second kappa shape index (κ2) is 7.98. The predicted molar refractivity (Wildman–Crippen MR) is 84.2 cm³/mol. The lowest BCUT2D eigenvalue weighted by Crippen LogP contribution is -2.22. The van der Waals surface area contributed by atoms with Crippen LogP contribution in [0.4, 0.5) is 0 Å². The third kappa shape index (κ3) is 5.13. The van der Waals surface area contributed by atoms with Gasteiger partial charge in [-0.1, -0.05) is 40.0 Å². The topological polar surface area (TPSA) is 12.0 Å². The quantitative estimate of drug-likeness (QED) is 0.651. The highest BCUT2D eigenvalue weighted by Crippen LogP contribution is 2.30. The lowest BCUT2D eigenvalue weighted by molar-refractivity contribution is 0.497. The summed E-state index contributed by atoms with van der Waals surface area (Å²) in [5, 5.41) is 4.36. The molecule has 3 heteroatoms. The van der Waals surface area contributed by atoms with Gasteiger partial charge in [-0.25, -0.2) is 0 Å². The van der Waals surface area contributed by atoms with Crippen molar-refractivity contribution in [2.24, 2.45) is 0 Å². The molecule has 0 amide bonds. The number of benzene rings is 1. The molecule has 0 bridgehead atoms. The third-order valence-corrected chi connectivity index (χ3v) is 3.79. The van der Waals surface area contributed by atoms with Crippen LogP contribution in [0.25, 0.3) is 0 Å². The van der Waals surface area contributed by atoms with Gasteiger partial charge in [-0.15, -0.1) is 6.58 Å². The molecule has 100 valence electrons. The largest absolute Gasteiger partial charge is 0.310 e. The van der Waals surface area contributed by atoms with Crippen molar-refractivity contribution in [2.45, 2.75) is 39.2 Å². The second-order valence-corrected chi connectivity index (χ2v) is 5.96. The van der Waals surface area contributed by atoms with Crippen molar-refractivity contribution in [1.82, 2.24) is 5.32 Å². The van der Waals surface area contributed by atoms with E-state index in [0.29, 0.717) is 6.04 Å². The third-order valence-electron chi connectivity index (χ3n) is 2.83. The smallest absolute Gasteiger partial charge is 0.0410 e. The summed E-state index contributed by atoms with van der Waals surface area (Å²) in [7, 11) is 0. The highest BCUT2D eigenvalue weighted by molar-refractivity contribution is 9.10. The molecule has 0 radical (unpaired) electrons. The van der Waals surface area contributed by atoms with Crippen LogP contribution in [0.3, 0.4) is 0 Å². The number of halogens is 2. The maximum Gasteiger partial charge on any atom is 0.0410 e. The van der Waals surface area contributed by atoms with Gasteiger partial charge < -0.3 is 5.32 Å². The molecule has 1 aromatic carbocycles. The molecule has 1 atom stereocenters. The normalized spacial score (nSPS) is 12.4. The Hall–Kier alpha value is -0.310. The highest BCUT2D eigenvalue weighted by atomic mass is 79.9. The van der Waals surface area contributed by atoms with Crippen LogP contribution in [0, 0.1) is 0 Å². The fourth-order valence-electron chi connectivity index (χ4n) is 1.86. The molecule has 0 aliphatic carbocycles. The maximum atomic E-state index is 6.09. The average molecular weight is 331 g/mol. The standard InChI is InChI=1S/C15H21BrClN/c1-4-9-18-15(8-5-11(2)3)13-10-12(17)6-7-14(13)16/h6-7,10,15,18H,2,4-5,8-9H2,1,3H3. The first kappa shape index (κ1) is 15.7. The van der Waals surface area contributed by atoms with Crippen LogP contribution in [-0.4, -0.2) is 6.54 Å². The van der Waals surface area contributed by atoms with Crippen molar-refractivity contribution in [3.05, 3.63) is 45.4 Å². The van der Waals surface area contributed by atoms with Crippen LogP contribution in [0.15, 0.2) is 34.8 Å². The molecule has 1 unspecified atom stereocenters. The molecular formula is C15H21BrClN. The molecule has 0 aliphatic heterocycles. The molecule has 1 N–H and O–H groups in total. The first-order chi connectivity index (χ1) is 8.54. The molecule has 1 aromatic rings. The first-order valence-corrected chi connectivity index (χ1v) is 7.54. The zero-order valence-corrected chi connectivity index (χ0v) is 13.4. The lowest BCUT2D eigenvalue weighted by atomic mass is 10.00. The van der Waals surface area contributed by atoms with E-state index in [0.717, 1.165) is 35.3 Å². The number of hydrogen-bond donors (Lipinski definition) is 1. The monoisotopic (exact) mass is 329 g/mol. The summed E-state index contributed by atoms with van der Waals surface area (Å²) in [4.78, 5) is 0. The number of nitrogens with one attached hydrogen (secondary N) is 1. The van der Waals surface area contributed by atoms with Gasteiger partial charge in [0.05, 0.1) is 0 Å². The number of hydrogen-bond acceptors (Lipinski definition) is 1. The minimum Gasteiger partial charge on any atom is -0.310 e. The van der Waals surface area contributed by atoms with E-state index in [1.54, 1.807) is 0 Å². The van der Waals surface area contributed by atoms with Crippen LogP contribution >= 0.6 is 27.5 Å². The zero-order chi connectivity index (χ0) is 13.5. The van der Waals surface area contributed by atoms with Crippen LogP contribution in [-0.2, 0) is 0 Å². The zero-order valence-electron chi connectivity index (χ0n) is 11.1. The van der Waals surface area contributed by atoms with Gasteiger partial charge in [0, 0.05) is 15.5 Å². The maximum absolute atomic E-state index is 6.09. The Kier molecular flexibility index (Phi) is 6.98. The van der Waals surface area contributed by atoms with Gasteiger partial charge in [0.15, 0.2) is 0 Å². The van der Waals surface area contributed by atoms with Crippen LogP contribution < -0.4 is 5.32 Å². The van der Waals surface area contributed by atoms with E-state index < -0.39 is 0 Å². The summed E-state index contributed by atoms with van der Waals surface area (Å²) in [6, 6.07) is 6.29. The molecule has 0 spiro atoms. The van der Waals surface area contributed by atoms with E-state index in [1.165, 1.54) is 11.1 Å². The Bertz CT molecular complexity index is 403. The van der Waals surface area contributed by atoms with Gasteiger partial charge in [0.2, 0.25) is 0 Å². The number of rotatable bonds is 7. The molecule has 0 saturated heterocycles. The first-order valence-electron chi connectivity index (χ1n) is 6.37. The van der Waals surface area contributed by atoms with Gasteiger partial charge in [0.1, 0.15) is 0 Å². The van der Waals surface area contributed by atoms with Gasteiger partial charge >= 0.3 is 0 Å². The van der Waals surface area contributed by atoms with Crippen molar-refractivity contribution in [1.29, 1.82) is 0 Å². The van der Waals surface area contributed by atoms with Crippen molar-refractivity contribution >= 4 is 27.5 Å². The van der Waals surface area contributed by atoms with Crippen LogP contribution in [0.1, 0.15) is 44.7 Å². The Morgan fingerprint density at radius 1 is 1.50 bits per heavy atom. The summed E-state index contributed by atoms with van der Waals surface area (Å²) < 4.78 is 1.11. The van der Waals surface area contributed by atoms with E-state index >= 15 is 0 Å². The fourth-order valence-corrected chi connectivity index (χ4v) is 2.56. The van der Waals surface area contributed by atoms with Crippen LogP contribution in [0.5, 0.6) is 0 Å². The van der Waals surface area contributed by atoms with Crippen molar-refractivity contribution in [3.63, 3.8) is 0 Å². The van der Waals surface area contributed by atoms with E-state index in [4.69, 9.17) is 11.6 Å². The molecular weight excluding hydrogens is 310 g/mol. The van der Waals surface area contributed by atoms with Crippen molar-refractivity contribution in [2.75, 3.05) is 6.54 Å².